The molecule has 0 saturated heterocycles. The zero-order valence-corrected chi connectivity index (χ0v) is 14.2. The molecule has 2 N–H and O–H groups in total. The van der Waals surface area contributed by atoms with Gasteiger partial charge >= 0.3 is 0 Å². The van der Waals surface area contributed by atoms with Crippen LogP contribution in [0, 0.1) is 0 Å². The maximum absolute atomic E-state index is 6.34. The fraction of sp³-hybridized carbons (Fsp3) is 0.333. The van der Waals surface area contributed by atoms with E-state index in [1.807, 2.05) is 18.2 Å². The Morgan fingerprint density at radius 2 is 1.52 bits per heavy atom. The summed E-state index contributed by atoms with van der Waals surface area (Å²) in [5, 5.41) is 1.21. The van der Waals surface area contributed by atoms with Crippen LogP contribution in [0.5, 0.6) is 0 Å². The van der Waals surface area contributed by atoms with Crippen LogP contribution in [0.4, 0.5) is 0 Å². The van der Waals surface area contributed by atoms with Crippen LogP contribution in [-0.2, 0) is 5.41 Å². The highest BCUT2D eigenvalue weighted by atomic mass is 35.5. The summed E-state index contributed by atoms with van der Waals surface area (Å²) in [5.74, 6) is 0. The number of nitrogens with two attached hydrogens (primary N) is 1. The van der Waals surface area contributed by atoms with Crippen LogP contribution >= 0.6 is 23.2 Å². The molecule has 2 rings (SSSR count). The lowest BCUT2D eigenvalue weighted by molar-refractivity contribution is 0.506. The highest BCUT2D eigenvalue weighted by Crippen LogP contribution is 2.34. The van der Waals surface area contributed by atoms with E-state index in [0.717, 1.165) is 17.5 Å². The van der Waals surface area contributed by atoms with Gasteiger partial charge in [0.05, 0.1) is 6.04 Å². The lowest BCUT2D eigenvalue weighted by Crippen LogP contribution is -2.17. The van der Waals surface area contributed by atoms with E-state index in [1.165, 1.54) is 5.56 Å². The van der Waals surface area contributed by atoms with Crippen molar-refractivity contribution in [2.24, 2.45) is 5.73 Å². The Balaban J connectivity index is 2.35. The molecule has 1 nitrogen and oxygen atoms in total. The molecule has 0 aliphatic heterocycles. The molecule has 0 saturated carbocycles. The third-order valence-electron chi connectivity index (χ3n) is 4.25. The van der Waals surface area contributed by atoms with Crippen molar-refractivity contribution in [3.63, 3.8) is 0 Å². The molecule has 0 heterocycles. The summed E-state index contributed by atoms with van der Waals surface area (Å²) in [6.45, 7) is 6.68. The number of hydrogen-bond donors (Lipinski definition) is 1. The first-order valence-corrected chi connectivity index (χ1v) is 7.92. The summed E-state index contributed by atoms with van der Waals surface area (Å²) in [6.07, 6.45) is 1.09. The number of benzene rings is 2. The van der Waals surface area contributed by atoms with Gasteiger partial charge < -0.3 is 5.73 Å². The van der Waals surface area contributed by atoms with Gasteiger partial charge in [-0.25, -0.2) is 0 Å². The van der Waals surface area contributed by atoms with Crippen LogP contribution in [0.15, 0.2) is 42.5 Å². The summed E-state index contributed by atoms with van der Waals surface area (Å²) in [4.78, 5) is 0. The first-order valence-electron chi connectivity index (χ1n) is 7.16. The van der Waals surface area contributed by atoms with Crippen molar-refractivity contribution in [2.75, 3.05) is 0 Å². The molecule has 0 fully saturated rings. The molecule has 1 unspecified atom stereocenters. The number of hydrogen-bond acceptors (Lipinski definition) is 1. The monoisotopic (exact) mass is 321 g/mol. The van der Waals surface area contributed by atoms with E-state index in [-0.39, 0.29) is 11.5 Å². The maximum atomic E-state index is 6.34. The molecule has 0 aliphatic carbocycles. The first-order chi connectivity index (χ1) is 9.86. The molecule has 2 aromatic carbocycles. The number of halogens is 2. The van der Waals surface area contributed by atoms with Crippen molar-refractivity contribution in [3.05, 3.63) is 69.2 Å². The molecular formula is C18H21Cl2N. The van der Waals surface area contributed by atoms with Crippen LogP contribution in [0.25, 0.3) is 0 Å². The van der Waals surface area contributed by atoms with Gasteiger partial charge in [0.25, 0.3) is 0 Å². The SMILES string of the molecule is CCC(C)(C)c1ccc(C(N)c2c(Cl)cccc2Cl)cc1. The molecule has 0 bridgehead atoms. The van der Waals surface area contributed by atoms with E-state index in [2.05, 4.69) is 45.0 Å². The average molecular weight is 322 g/mol. The molecule has 3 heteroatoms. The predicted octanol–water partition coefficient (Wildman–Crippen LogP) is 5.73. The van der Waals surface area contributed by atoms with Crippen LogP contribution in [-0.4, -0.2) is 0 Å². The van der Waals surface area contributed by atoms with Crippen LogP contribution in [0.3, 0.4) is 0 Å². The summed E-state index contributed by atoms with van der Waals surface area (Å²) < 4.78 is 0. The third kappa shape index (κ3) is 3.42. The molecule has 0 aromatic heterocycles. The first kappa shape index (κ1) is 16.4. The molecule has 0 spiro atoms. The fourth-order valence-electron chi connectivity index (χ4n) is 2.32. The Morgan fingerprint density at radius 1 is 1.00 bits per heavy atom. The van der Waals surface area contributed by atoms with Crippen molar-refractivity contribution in [1.29, 1.82) is 0 Å². The van der Waals surface area contributed by atoms with Crippen LogP contribution in [0.1, 0.15) is 49.9 Å². The predicted molar refractivity (Wildman–Crippen MR) is 92.3 cm³/mol. The van der Waals surface area contributed by atoms with Crippen molar-refractivity contribution < 1.29 is 0 Å². The van der Waals surface area contributed by atoms with E-state index < -0.39 is 0 Å². The van der Waals surface area contributed by atoms with E-state index >= 15 is 0 Å². The largest absolute Gasteiger partial charge is 0.320 e. The molecule has 2 aromatic rings. The molecule has 112 valence electrons. The van der Waals surface area contributed by atoms with E-state index in [9.17, 15) is 0 Å². The van der Waals surface area contributed by atoms with Gasteiger partial charge in [-0.15, -0.1) is 0 Å². The van der Waals surface area contributed by atoms with Gasteiger partial charge in [0.15, 0.2) is 0 Å². The van der Waals surface area contributed by atoms with Crippen molar-refractivity contribution in [2.45, 2.75) is 38.6 Å². The Hall–Kier alpha value is -1.02. The van der Waals surface area contributed by atoms with E-state index in [1.54, 1.807) is 0 Å². The van der Waals surface area contributed by atoms with E-state index in [0.29, 0.717) is 10.0 Å². The fourth-order valence-corrected chi connectivity index (χ4v) is 2.95. The minimum absolute atomic E-state index is 0.171. The summed E-state index contributed by atoms with van der Waals surface area (Å²) >= 11 is 12.5. The van der Waals surface area contributed by atoms with Gasteiger partial charge in [0.1, 0.15) is 0 Å². The summed E-state index contributed by atoms with van der Waals surface area (Å²) in [6, 6.07) is 13.6. The second-order valence-electron chi connectivity index (χ2n) is 5.97. The van der Waals surface area contributed by atoms with Gasteiger partial charge in [-0.1, -0.05) is 74.3 Å². The zero-order chi connectivity index (χ0) is 15.6. The van der Waals surface area contributed by atoms with Gasteiger partial charge in [-0.05, 0) is 35.1 Å². The standard InChI is InChI=1S/C18H21Cl2N/c1-4-18(2,3)13-10-8-12(9-11-13)17(21)16-14(19)6-5-7-15(16)20/h5-11,17H,4,21H2,1-3H3. The molecule has 0 radical (unpaired) electrons. The lowest BCUT2D eigenvalue weighted by Gasteiger charge is -2.24. The average Bonchev–Trinajstić information content (AvgIpc) is 2.47. The van der Waals surface area contributed by atoms with Gasteiger partial charge in [-0.2, -0.15) is 0 Å². The van der Waals surface area contributed by atoms with Gasteiger partial charge in [0, 0.05) is 15.6 Å². The second kappa shape index (κ2) is 6.39. The topological polar surface area (TPSA) is 26.0 Å². The normalized spacial score (nSPS) is 13.2. The quantitative estimate of drug-likeness (QED) is 0.764. The summed E-state index contributed by atoms with van der Waals surface area (Å²) in [5.41, 5.74) is 9.62. The molecule has 21 heavy (non-hydrogen) atoms. The molecule has 0 aliphatic rings. The molecule has 1 atom stereocenters. The Morgan fingerprint density at radius 3 is 2.00 bits per heavy atom. The van der Waals surface area contributed by atoms with Crippen molar-refractivity contribution in [3.8, 4) is 0 Å². The smallest absolute Gasteiger partial charge is 0.0581 e. The third-order valence-corrected chi connectivity index (χ3v) is 4.91. The van der Waals surface area contributed by atoms with Gasteiger partial charge in [0.2, 0.25) is 0 Å². The van der Waals surface area contributed by atoms with Crippen molar-refractivity contribution >= 4 is 23.2 Å². The molecular weight excluding hydrogens is 301 g/mol. The highest BCUT2D eigenvalue weighted by molar-refractivity contribution is 6.36. The second-order valence-corrected chi connectivity index (χ2v) is 6.79. The zero-order valence-electron chi connectivity index (χ0n) is 12.7. The minimum Gasteiger partial charge on any atom is -0.320 e. The van der Waals surface area contributed by atoms with Crippen LogP contribution in [0.2, 0.25) is 10.0 Å². The van der Waals surface area contributed by atoms with Crippen molar-refractivity contribution in [1.82, 2.24) is 0 Å². The Kier molecular flexibility index (Phi) is 4.98. The maximum Gasteiger partial charge on any atom is 0.0581 e. The highest BCUT2D eigenvalue weighted by Gasteiger charge is 2.20. The Labute approximate surface area is 137 Å². The molecule has 0 amide bonds. The Bertz CT molecular complexity index is 597. The number of rotatable bonds is 4. The minimum atomic E-state index is -0.315. The van der Waals surface area contributed by atoms with E-state index in [4.69, 9.17) is 28.9 Å². The van der Waals surface area contributed by atoms with Crippen LogP contribution < -0.4 is 5.73 Å². The summed E-state index contributed by atoms with van der Waals surface area (Å²) in [7, 11) is 0. The lowest BCUT2D eigenvalue weighted by atomic mass is 9.81. The van der Waals surface area contributed by atoms with Gasteiger partial charge in [-0.3, -0.25) is 0 Å².